The molecule has 0 unspecified atom stereocenters. The lowest BCUT2D eigenvalue weighted by molar-refractivity contribution is 0.255. The molecule has 1 aliphatic rings. The molecule has 1 aromatic heterocycles. The Hall–Kier alpha value is -1.95. The van der Waals surface area contributed by atoms with Gasteiger partial charge in [0.05, 0.1) is 13.7 Å². The predicted octanol–water partition coefficient (Wildman–Crippen LogP) is 3.51. The summed E-state index contributed by atoms with van der Waals surface area (Å²) in [4.78, 5) is 6.64. The predicted molar refractivity (Wildman–Crippen MR) is 83.6 cm³/mol. The van der Waals surface area contributed by atoms with Crippen LogP contribution in [0.15, 0.2) is 22.7 Å². The molecule has 1 heterocycles. The third-order valence-electron chi connectivity index (χ3n) is 4.37. The van der Waals surface area contributed by atoms with Crippen LogP contribution < -0.4 is 4.74 Å². The van der Waals surface area contributed by atoms with Gasteiger partial charge < -0.3 is 9.26 Å². The molecule has 124 valence electrons. The molecule has 23 heavy (non-hydrogen) atoms. The number of hydrogen-bond donors (Lipinski definition) is 0. The summed E-state index contributed by atoms with van der Waals surface area (Å²) in [6, 6.07) is 5.04. The molecule has 1 aliphatic carbocycles. The monoisotopic (exact) mass is 319 g/mol. The van der Waals surface area contributed by atoms with Crippen LogP contribution in [0.4, 0.5) is 4.39 Å². The molecule has 0 radical (unpaired) electrons. The molecule has 0 bridgehead atoms. The van der Waals surface area contributed by atoms with Gasteiger partial charge in [-0.25, -0.2) is 4.39 Å². The molecule has 0 aliphatic heterocycles. The number of aromatic nitrogens is 2. The largest absolute Gasteiger partial charge is 0.494 e. The summed E-state index contributed by atoms with van der Waals surface area (Å²) < 4.78 is 24.1. The molecule has 1 fully saturated rings. The molecule has 2 aromatic rings. The van der Waals surface area contributed by atoms with E-state index >= 15 is 0 Å². The van der Waals surface area contributed by atoms with Gasteiger partial charge in [0, 0.05) is 12.5 Å². The van der Waals surface area contributed by atoms with Crippen LogP contribution in [0.3, 0.4) is 0 Å². The maximum atomic E-state index is 13.8. The van der Waals surface area contributed by atoms with E-state index in [9.17, 15) is 4.39 Å². The minimum absolute atomic E-state index is 0.264. The Morgan fingerprint density at radius 2 is 2.17 bits per heavy atom. The SMILES string of the molecule is CCN(Cc1ccc(OC)c(F)c1)Cc1noc(C2CCC2)n1. The first-order valence-electron chi connectivity index (χ1n) is 8.06. The molecular formula is C17H22FN3O2. The highest BCUT2D eigenvalue weighted by atomic mass is 19.1. The van der Waals surface area contributed by atoms with E-state index in [4.69, 9.17) is 9.26 Å². The van der Waals surface area contributed by atoms with Crippen LogP contribution in [0.5, 0.6) is 5.75 Å². The van der Waals surface area contributed by atoms with E-state index in [0.717, 1.165) is 30.8 Å². The lowest BCUT2D eigenvalue weighted by atomic mass is 9.85. The second-order valence-electron chi connectivity index (χ2n) is 5.95. The highest BCUT2D eigenvalue weighted by molar-refractivity contribution is 5.29. The Morgan fingerprint density at radius 3 is 2.78 bits per heavy atom. The van der Waals surface area contributed by atoms with Gasteiger partial charge in [0.1, 0.15) is 0 Å². The van der Waals surface area contributed by atoms with Crippen LogP contribution in [-0.2, 0) is 13.1 Å². The van der Waals surface area contributed by atoms with E-state index in [2.05, 4.69) is 22.0 Å². The smallest absolute Gasteiger partial charge is 0.229 e. The topological polar surface area (TPSA) is 51.4 Å². The fraction of sp³-hybridized carbons (Fsp3) is 0.529. The lowest BCUT2D eigenvalue weighted by Crippen LogP contribution is -2.23. The number of methoxy groups -OCH3 is 1. The van der Waals surface area contributed by atoms with Crippen LogP contribution >= 0.6 is 0 Å². The third-order valence-corrected chi connectivity index (χ3v) is 4.37. The quantitative estimate of drug-likeness (QED) is 0.781. The average Bonchev–Trinajstić information content (AvgIpc) is 2.93. The van der Waals surface area contributed by atoms with Crippen molar-refractivity contribution in [3.05, 3.63) is 41.3 Å². The number of nitrogens with zero attached hydrogens (tertiary/aromatic N) is 3. The van der Waals surface area contributed by atoms with E-state index in [0.29, 0.717) is 24.8 Å². The molecule has 0 spiro atoms. The van der Waals surface area contributed by atoms with E-state index in [1.165, 1.54) is 19.6 Å². The van der Waals surface area contributed by atoms with Crippen molar-refractivity contribution in [2.75, 3.05) is 13.7 Å². The molecular weight excluding hydrogens is 297 g/mol. The first kappa shape index (κ1) is 15.9. The van der Waals surface area contributed by atoms with Crippen molar-refractivity contribution < 1.29 is 13.7 Å². The summed E-state index contributed by atoms with van der Waals surface area (Å²) in [6.07, 6.45) is 3.53. The zero-order valence-corrected chi connectivity index (χ0v) is 13.6. The van der Waals surface area contributed by atoms with Crippen molar-refractivity contribution in [2.24, 2.45) is 0 Å². The van der Waals surface area contributed by atoms with Crippen LogP contribution in [-0.4, -0.2) is 28.7 Å². The second kappa shape index (κ2) is 7.08. The highest BCUT2D eigenvalue weighted by Crippen LogP contribution is 2.35. The normalized spacial score (nSPS) is 15.0. The van der Waals surface area contributed by atoms with Crippen LogP contribution in [0, 0.1) is 5.82 Å². The average molecular weight is 319 g/mol. The van der Waals surface area contributed by atoms with Crippen LogP contribution in [0.25, 0.3) is 0 Å². The van der Waals surface area contributed by atoms with Gasteiger partial charge in [0.2, 0.25) is 5.89 Å². The fourth-order valence-corrected chi connectivity index (χ4v) is 2.70. The van der Waals surface area contributed by atoms with Crippen molar-refractivity contribution in [2.45, 2.75) is 45.2 Å². The summed E-state index contributed by atoms with van der Waals surface area (Å²) in [7, 11) is 1.46. The Morgan fingerprint density at radius 1 is 1.35 bits per heavy atom. The van der Waals surface area contributed by atoms with Crippen LogP contribution in [0.2, 0.25) is 0 Å². The number of rotatable bonds is 7. The maximum Gasteiger partial charge on any atom is 0.229 e. The van der Waals surface area contributed by atoms with E-state index in [1.54, 1.807) is 6.07 Å². The number of halogens is 1. The van der Waals surface area contributed by atoms with Gasteiger partial charge in [-0.3, -0.25) is 4.90 Å². The molecule has 3 rings (SSSR count). The first-order valence-corrected chi connectivity index (χ1v) is 8.06. The Kier molecular flexibility index (Phi) is 4.91. The second-order valence-corrected chi connectivity index (χ2v) is 5.95. The van der Waals surface area contributed by atoms with E-state index in [1.807, 2.05) is 6.07 Å². The standard InChI is InChI=1S/C17H22FN3O2/c1-3-21(10-12-7-8-15(22-2)14(18)9-12)11-16-19-17(23-20-16)13-5-4-6-13/h7-9,13H,3-6,10-11H2,1-2H3. The van der Waals surface area contributed by atoms with Crippen molar-refractivity contribution in [3.63, 3.8) is 0 Å². The summed E-state index contributed by atoms with van der Waals surface area (Å²) in [5.74, 6) is 1.83. The van der Waals surface area contributed by atoms with Crippen molar-refractivity contribution in [1.29, 1.82) is 0 Å². The molecule has 5 nitrogen and oxygen atoms in total. The molecule has 0 saturated heterocycles. The van der Waals surface area contributed by atoms with Crippen molar-refractivity contribution >= 4 is 0 Å². The van der Waals surface area contributed by atoms with Crippen LogP contribution in [0.1, 0.15) is 49.4 Å². The summed E-state index contributed by atoms with van der Waals surface area (Å²) in [5.41, 5.74) is 0.896. The molecule has 0 amide bonds. The Bertz CT molecular complexity index is 655. The van der Waals surface area contributed by atoms with Gasteiger partial charge in [-0.2, -0.15) is 4.98 Å². The molecule has 0 atom stereocenters. The van der Waals surface area contributed by atoms with E-state index < -0.39 is 0 Å². The zero-order valence-electron chi connectivity index (χ0n) is 13.6. The molecule has 1 aromatic carbocycles. The fourth-order valence-electron chi connectivity index (χ4n) is 2.70. The van der Waals surface area contributed by atoms with Gasteiger partial charge in [0.15, 0.2) is 17.4 Å². The highest BCUT2D eigenvalue weighted by Gasteiger charge is 2.25. The van der Waals surface area contributed by atoms with Gasteiger partial charge >= 0.3 is 0 Å². The number of benzene rings is 1. The summed E-state index contributed by atoms with van der Waals surface area (Å²) in [5, 5.41) is 4.07. The van der Waals surface area contributed by atoms with E-state index in [-0.39, 0.29) is 11.6 Å². The van der Waals surface area contributed by atoms with Crippen molar-refractivity contribution in [1.82, 2.24) is 15.0 Å². The minimum atomic E-state index is -0.340. The first-order chi connectivity index (χ1) is 11.2. The molecule has 0 N–H and O–H groups in total. The van der Waals surface area contributed by atoms with Gasteiger partial charge in [-0.1, -0.05) is 24.6 Å². The Balaban J connectivity index is 1.63. The Labute approximate surface area is 135 Å². The number of hydrogen-bond acceptors (Lipinski definition) is 5. The summed E-state index contributed by atoms with van der Waals surface area (Å²) >= 11 is 0. The minimum Gasteiger partial charge on any atom is -0.494 e. The lowest BCUT2D eigenvalue weighted by Gasteiger charge is -2.20. The number of ether oxygens (including phenoxy) is 1. The van der Waals surface area contributed by atoms with Gasteiger partial charge in [0.25, 0.3) is 0 Å². The van der Waals surface area contributed by atoms with Gasteiger partial charge in [-0.05, 0) is 37.1 Å². The zero-order chi connectivity index (χ0) is 16.2. The van der Waals surface area contributed by atoms with Gasteiger partial charge in [-0.15, -0.1) is 0 Å². The maximum absolute atomic E-state index is 13.8. The molecule has 1 saturated carbocycles. The third kappa shape index (κ3) is 3.69. The summed E-state index contributed by atoms with van der Waals surface area (Å²) in [6.45, 7) is 4.11. The van der Waals surface area contributed by atoms with Crippen molar-refractivity contribution in [3.8, 4) is 5.75 Å². The molecule has 6 heteroatoms.